The van der Waals surface area contributed by atoms with Crippen LogP contribution >= 0.6 is 0 Å². The SMILES string of the molecule is CCCCN(C)CC1CCN(S(=O)(=O)CC(=O)O)CC1. The van der Waals surface area contributed by atoms with Crippen LogP contribution in [0.5, 0.6) is 0 Å². The molecule has 7 heteroatoms. The first-order valence-electron chi connectivity index (χ1n) is 7.23. The van der Waals surface area contributed by atoms with Crippen molar-refractivity contribution in [1.29, 1.82) is 0 Å². The topological polar surface area (TPSA) is 77.9 Å². The number of carboxylic acid groups (broad SMARTS) is 1. The van der Waals surface area contributed by atoms with Crippen molar-refractivity contribution >= 4 is 16.0 Å². The molecule has 0 unspecified atom stereocenters. The van der Waals surface area contributed by atoms with Gasteiger partial charge >= 0.3 is 5.97 Å². The molecule has 0 radical (unpaired) electrons. The van der Waals surface area contributed by atoms with E-state index in [0.717, 1.165) is 25.9 Å². The number of carbonyl (C=O) groups is 1. The fraction of sp³-hybridized carbons (Fsp3) is 0.923. The van der Waals surface area contributed by atoms with Crippen LogP contribution in [-0.2, 0) is 14.8 Å². The van der Waals surface area contributed by atoms with Gasteiger partial charge in [-0.1, -0.05) is 13.3 Å². The lowest BCUT2D eigenvalue weighted by Gasteiger charge is -2.32. The van der Waals surface area contributed by atoms with E-state index in [1.807, 2.05) is 0 Å². The third-order valence-electron chi connectivity index (χ3n) is 3.74. The maximum atomic E-state index is 11.8. The second-order valence-corrected chi connectivity index (χ2v) is 7.58. The van der Waals surface area contributed by atoms with E-state index in [9.17, 15) is 13.2 Å². The molecule has 118 valence electrons. The minimum atomic E-state index is -3.63. The molecule has 1 saturated heterocycles. The van der Waals surface area contributed by atoms with Gasteiger partial charge in [0.2, 0.25) is 10.0 Å². The summed E-state index contributed by atoms with van der Waals surface area (Å²) in [5.41, 5.74) is 0. The summed E-state index contributed by atoms with van der Waals surface area (Å²) < 4.78 is 24.9. The van der Waals surface area contributed by atoms with Gasteiger partial charge in [-0.2, -0.15) is 0 Å². The van der Waals surface area contributed by atoms with Crippen molar-refractivity contribution in [3.05, 3.63) is 0 Å². The molecule has 20 heavy (non-hydrogen) atoms. The Kier molecular flexibility index (Phi) is 6.91. The Morgan fingerprint density at radius 1 is 1.35 bits per heavy atom. The molecule has 0 saturated carbocycles. The van der Waals surface area contributed by atoms with Crippen LogP contribution in [0, 0.1) is 5.92 Å². The van der Waals surface area contributed by atoms with Crippen LogP contribution in [-0.4, -0.2) is 67.7 Å². The first-order valence-corrected chi connectivity index (χ1v) is 8.84. The second-order valence-electron chi connectivity index (χ2n) is 5.61. The first-order chi connectivity index (χ1) is 9.35. The maximum Gasteiger partial charge on any atom is 0.320 e. The zero-order chi connectivity index (χ0) is 15.2. The molecule has 0 aromatic carbocycles. The van der Waals surface area contributed by atoms with Crippen LogP contribution in [0.15, 0.2) is 0 Å². The maximum absolute atomic E-state index is 11.8. The molecule has 0 aromatic rings. The summed E-state index contributed by atoms with van der Waals surface area (Å²) in [5, 5.41) is 8.62. The highest BCUT2D eigenvalue weighted by Gasteiger charge is 2.29. The van der Waals surface area contributed by atoms with Crippen molar-refractivity contribution in [1.82, 2.24) is 9.21 Å². The number of hydrogen-bond donors (Lipinski definition) is 1. The summed E-state index contributed by atoms with van der Waals surface area (Å²) in [6.07, 6.45) is 3.99. The smallest absolute Gasteiger partial charge is 0.320 e. The average molecular weight is 306 g/mol. The van der Waals surface area contributed by atoms with Crippen LogP contribution in [0.1, 0.15) is 32.6 Å². The zero-order valence-corrected chi connectivity index (χ0v) is 13.2. The lowest BCUT2D eigenvalue weighted by Crippen LogP contribution is -2.43. The Balaban J connectivity index is 2.38. The molecule has 1 heterocycles. The molecule has 0 aromatic heterocycles. The molecular weight excluding hydrogens is 280 g/mol. The number of aliphatic carboxylic acids is 1. The molecule has 1 aliphatic rings. The predicted molar refractivity (Wildman–Crippen MR) is 78.1 cm³/mol. The van der Waals surface area contributed by atoms with Gasteiger partial charge in [0.25, 0.3) is 0 Å². The highest BCUT2D eigenvalue weighted by atomic mass is 32.2. The zero-order valence-electron chi connectivity index (χ0n) is 12.4. The molecule has 0 spiro atoms. The molecule has 6 nitrogen and oxygen atoms in total. The molecule has 1 rings (SSSR count). The lowest BCUT2D eigenvalue weighted by molar-refractivity contribution is -0.134. The van der Waals surface area contributed by atoms with E-state index in [2.05, 4.69) is 18.9 Å². The molecule has 1 aliphatic heterocycles. The van der Waals surface area contributed by atoms with E-state index in [1.165, 1.54) is 17.1 Å². The minimum Gasteiger partial charge on any atom is -0.480 e. The Hall–Kier alpha value is -0.660. The minimum absolute atomic E-state index is 0.446. The molecule has 0 amide bonds. The number of nitrogens with zero attached hydrogens (tertiary/aromatic N) is 2. The standard InChI is InChI=1S/C13H26N2O4S/c1-3-4-7-14(2)10-12-5-8-15(9-6-12)20(18,19)11-13(16)17/h12H,3-11H2,1-2H3,(H,16,17). The summed E-state index contributed by atoms with van der Waals surface area (Å²) >= 11 is 0. The Bertz CT molecular complexity index is 403. The number of hydrogen-bond acceptors (Lipinski definition) is 4. The van der Waals surface area contributed by atoms with Crippen molar-refractivity contribution in [3.8, 4) is 0 Å². The van der Waals surface area contributed by atoms with E-state index >= 15 is 0 Å². The number of unbranched alkanes of at least 4 members (excludes halogenated alkanes) is 1. The third-order valence-corrected chi connectivity index (χ3v) is 5.50. The van der Waals surface area contributed by atoms with Gasteiger partial charge in [-0.15, -0.1) is 0 Å². The second kappa shape index (κ2) is 7.95. The molecule has 0 aliphatic carbocycles. The van der Waals surface area contributed by atoms with Crippen molar-refractivity contribution in [2.75, 3.05) is 39.0 Å². The van der Waals surface area contributed by atoms with E-state index in [4.69, 9.17) is 5.11 Å². The molecule has 1 fully saturated rings. The number of sulfonamides is 1. The predicted octanol–water partition coefficient (Wildman–Crippen LogP) is 0.845. The Morgan fingerprint density at radius 3 is 2.45 bits per heavy atom. The highest BCUT2D eigenvalue weighted by molar-refractivity contribution is 7.89. The summed E-state index contributed by atoms with van der Waals surface area (Å²) in [6, 6.07) is 0. The average Bonchev–Trinajstić information content (AvgIpc) is 2.35. The van der Waals surface area contributed by atoms with Gasteiger partial charge in [0.15, 0.2) is 5.75 Å². The molecule has 0 bridgehead atoms. The van der Waals surface area contributed by atoms with Crippen LogP contribution in [0.4, 0.5) is 0 Å². The van der Waals surface area contributed by atoms with E-state index in [0.29, 0.717) is 19.0 Å². The van der Waals surface area contributed by atoms with Gasteiger partial charge in [-0.25, -0.2) is 12.7 Å². The van der Waals surface area contributed by atoms with Gasteiger partial charge in [-0.3, -0.25) is 4.79 Å². The largest absolute Gasteiger partial charge is 0.480 e. The molecule has 0 atom stereocenters. The van der Waals surface area contributed by atoms with Crippen LogP contribution < -0.4 is 0 Å². The number of carboxylic acids is 1. The number of piperidine rings is 1. The van der Waals surface area contributed by atoms with Gasteiger partial charge in [0.1, 0.15) is 0 Å². The molecular formula is C13H26N2O4S. The quantitative estimate of drug-likeness (QED) is 0.719. The van der Waals surface area contributed by atoms with Gasteiger partial charge in [-0.05, 0) is 38.8 Å². The van der Waals surface area contributed by atoms with E-state index in [1.54, 1.807) is 0 Å². The van der Waals surface area contributed by atoms with Gasteiger partial charge in [0, 0.05) is 19.6 Å². The highest BCUT2D eigenvalue weighted by Crippen LogP contribution is 2.20. The van der Waals surface area contributed by atoms with Crippen molar-refractivity contribution in [3.63, 3.8) is 0 Å². The summed E-state index contributed by atoms with van der Waals surface area (Å²) in [7, 11) is -1.53. The normalized spacial score (nSPS) is 18.6. The van der Waals surface area contributed by atoms with Crippen LogP contribution in [0.2, 0.25) is 0 Å². The first kappa shape index (κ1) is 17.4. The summed E-state index contributed by atoms with van der Waals surface area (Å²) in [5.74, 6) is -1.58. The van der Waals surface area contributed by atoms with Crippen LogP contribution in [0.25, 0.3) is 0 Å². The summed E-state index contributed by atoms with van der Waals surface area (Å²) in [4.78, 5) is 12.9. The Labute approximate surface area is 121 Å². The fourth-order valence-corrected chi connectivity index (χ4v) is 3.84. The van der Waals surface area contributed by atoms with Crippen molar-refractivity contribution in [2.45, 2.75) is 32.6 Å². The van der Waals surface area contributed by atoms with E-state index in [-0.39, 0.29) is 0 Å². The summed E-state index contributed by atoms with van der Waals surface area (Å²) in [6.45, 7) is 5.13. The number of rotatable bonds is 8. The third kappa shape index (κ3) is 5.76. The monoisotopic (exact) mass is 306 g/mol. The van der Waals surface area contributed by atoms with E-state index < -0.39 is 21.7 Å². The fourth-order valence-electron chi connectivity index (χ4n) is 2.58. The van der Waals surface area contributed by atoms with Crippen molar-refractivity contribution < 1.29 is 18.3 Å². The van der Waals surface area contributed by atoms with Gasteiger partial charge < -0.3 is 10.0 Å². The van der Waals surface area contributed by atoms with Crippen molar-refractivity contribution in [2.24, 2.45) is 5.92 Å². The Morgan fingerprint density at radius 2 is 1.95 bits per heavy atom. The molecule has 1 N–H and O–H groups in total. The van der Waals surface area contributed by atoms with Crippen LogP contribution in [0.3, 0.4) is 0 Å². The van der Waals surface area contributed by atoms with Gasteiger partial charge in [0.05, 0.1) is 0 Å². The lowest BCUT2D eigenvalue weighted by atomic mass is 9.97.